The van der Waals surface area contributed by atoms with E-state index in [0.717, 1.165) is 49.9 Å². The number of thioether (sulfide) groups is 1. The van der Waals surface area contributed by atoms with Crippen molar-refractivity contribution in [2.75, 3.05) is 20.3 Å². The van der Waals surface area contributed by atoms with E-state index in [1.807, 2.05) is 11.8 Å². The van der Waals surface area contributed by atoms with E-state index in [1.165, 1.54) is 225 Å². The van der Waals surface area contributed by atoms with E-state index in [9.17, 15) is 0 Å². The second-order valence-electron chi connectivity index (χ2n) is 19.3. The van der Waals surface area contributed by atoms with Gasteiger partial charge in [-0.1, -0.05) is 255 Å². The van der Waals surface area contributed by atoms with Crippen LogP contribution in [0.3, 0.4) is 0 Å². The van der Waals surface area contributed by atoms with Gasteiger partial charge in [-0.2, -0.15) is 0 Å². The van der Waals surface area contributed by atoms with Crippen LogP contribution in [0.2, 0.25) is 0 Å². The molecule has 5 heteroatoms. The summed E-state index contributed by atoms with van der Waals surface area (Å²) in [5.74, 6) is 2.75. The fourth-order valence-electron chi connectivity index (χ4n) is 9.48. The van der Waals surface area contributed by atoms with Gasteiger partial charge in [0.05, 0.1) is 13.2 Å². The molecule has 0 aliphatic rings. The smallest absolute Gasteiger partial charge is 0.123 e. The summed E-state index contributed by atoms with van der Waals surface area (Å²) in [5, 5.41) is 12.6. The summed E-state index contributed by atoms with van der Waals surface area (Å²) in [4.78, 5) is 0. The van der Waals surface area contributed by atoms with Crippen LogP contribution in [0.5, 0.6) is 11.5 Å². The molecule has 364 valence electrons. The summed E-state index contributed by atoms with van der Waals surface area (Å²) >= 11 is 1.89. The zero-order valence-corrected chi connectivity index (χ0v) is 43.0. The fraction of sp³-hybridized carbons (Fsp3) is 0.667. The number of unbranched alkanes of at least 4 members (excludes halogenated alkanes) is 30. The molecule has 0 spiro atoms. The van der Waals surface area contributed by atoms with Crippen molar-refractivity contribution in [1.82, 2.24) is 10.6 Å². The van der Waals surface area contributed by atoms with Crippen molar-refractivity contribution < 1.29 is 9.47 Å². The molecular weight excluding hydrogens is 813 g/mol. The molecule has 1 unspecified atom stereocenters. The van der Waals surface area contributed by atoms with Crippen LogP contribution in [0.1, 0.15) is 230 Å². The third kappa shape index (κ3) is 24.7. The monoisotopic (exact) mass is 909 g/mol. The van der Waals surface area contributed by atoms with Crippen LogP contribution in [-0.2, 0) is 12.3 Å². The Hall–Kier alpha value is -2.73. The predicted octanol–water partition coefficient (Wildman–Crippen LogP) is 18.8. The van der Waals surface area contributed by atoms with Gasteiger partial charge >= 0.3 is 0 Å². The molecule has 0 bridgehead atoms. The molecule has 0 aliphatic heterocycles. The summed E-state index contributed by atoms with van der Waals surface area (Å²) < 4.78 is 12.9. The van der Waals surface area contributed by atoms with Gasteiger partial charge in [0.25, 0.3) is 0 Å². The minimum atomic E-state index is 0.0943. The number of hydrogen-bond donors (Lipinski definition) is 2. The van der Waals surface area contributed by atoms with Crippen molar-refractivity contribution in [2.24, 2.45) is 0 Å². The fourth-order valence-corrected chi connectivity index (χ4v) is 10.4. The highest BCUT2D eigenvalue weighted by molar-refractivity contribution is 7.99. The van der Waals surface area contributed by atoms with Gasteiger partial charge in [0.2, 0.25) is 0 Å². The predicted molar refractivity (Wildman–Crippen MR) is 289 cm³/mol. The lowest BCUT2D eigenvalue weighted by Crippen LogP contribution is -2.37. The molecular formula is C60H96N2O2S. The van der Waals surface area contributed by atoms with E-state index in [0.29, 0.717) is 0 Å². The SMILES string of the molecule is CCCCCCCCCCCCCCCCCCOc1cc(CSC(NC)NCc2c3ccccc3cc3ccccc23)cc(OCCCCCCCCCCCCCCCCCC)c1. The first-order chi connectivity index (χ1) is 32.2. The highest BCUT2D eigenvalue weighted by atomic mass is 32.2. The Kier molecular flexibility index (Phi) is 31.5. The molecule has 0 aliphatic carbocycles. The van der Waals surface area contributed by atoms with Crippen molar-refractivity contribution in [2.45, 2.75) is 237 Å². The summed E-state index contributed by atoms with van der Waals surface area (Å²) in [7, 11) is 2.05. The molecule has 0 radical (unpaired) electrons. The molecule has 0 heterocycles. The average molecular weight is 910 g/mol. The zero-order valence-electron chi connectivity index (χ0n) is 42.2. The van der Waals surface area contributed by atoms with E-state index in [2.05, 4.69) is 104 Å². The highest BCUT2D eigenvalue weighted by Crippen LogP contribution is 2.30. The van der Waals surface area contributed by atoms with E-state index in [-0.39, 0.29) is 5.50 Å². The maximum atomic E-state index is 6.44. The highest BCUT2D eigenvalue weighted by Gasteiger charge is 2.13. The number of ether oxygens (including phenoxy) is 2. The lowest BCUT2D eigenvalue weighted by atomic mass is 9.97. The Balaban J connectivity index is 1.16. The van der Waals surface area contributed by atoms with Gasteiger partial charge in [0.15, 0.2) is 0 Å². The van der Waals surface area contributed by atoms with Crippen molar-refractivity contribution in [1.29, 1.82) is 0 Å². The standard InChI is InChI=1S/C60H96N2O2S/c1-4-6-8-10-12-14-16-18-20-22-24-26-28-30-32-38-44-63-55-46-52(47-56(49-55)64-45-39-33-31-29-27-25-23-21-19-17-15-13-11-9-7-5-2)51-65-60(61-3)62-50-59-57-42-36-34-40-53(57)48-54-41-35-37-43-58(54)59/h34-37,40-43,46-49,60-62H,4-33,38-39,44-45,50-51H2,1-3H3. The molecule has 4 aromatic carbocycles. The largest absolute Gasteiger partial charge is 0.493 e. The van der Waals surface area contributed by atoms with Crippen molar-refractivity contribution in [3.05, 3.63) is 83.9 Å². The van der Waals surface area contributed by atoms with Crippen molar-refractivity contribution in [3.63, 3.8) is 0 Å². The summed E-state index contributed by atoms with van der Waals surface area (Å²) in [6.07, 6.45) is 44.2. The molecule has 2 N–H and O–H groups in total. The van der Waals surface area contributed by atoms with E-state index >= 15 is 0 Å². The number of rotatable bonds is 43. The Morgan fingerprint density at radius 1 is 0.431 bits per heavy atom. The van der Waals surface area contributed by atoms with Gasteiger partial charge in [0, 0.05) is 18.4 Å². The molecule has 0 fully saturated rings. The second-order valence-corrected chi connectivity index (χ2v) is 20.4. The van der Waals surface area contributed by atoms with Crippen LogP contribution in [0.4, 0.5) is 0 Å². The first kappa shape index (κ1) is 54.9. The van der Waals surface area contributed by atoms with Crippen molar-refractivity contribution in [3.8, 4) is 11.5 Å². The van der Waals surface area contributed by atoms with E-state index < -0.39 is 0 Å². The molecule has 0 amide bonds. The van der Waals surface area contributed by atoms with Crippen LogP contribution < -0.4 is 20.1 Å². The molecule has 4 aromatic rings. The van der Waals surface area contributed by atoms with Gasteiger partial charge in [-0.25, -0.2) is 0 Å². The van der Waals surface area contributed by atoms with E-state index in [4.69, 9.17) is 9.47 Å². The molecule has 0 saturated carbocycles. The summed E-state index contributed by atoms with van der Waals surface area (Å²) in [6.45, 7) is 6.94. The number of benzene rings is 4. The number of fused-ring (bicyclic) bond motifs is 2. The Morgan fingerprint density at radius 3 is 1.15 bits per heavy atom. The first-order valence-electron chi connectivity index (χ1n) is 27.5. The lowest BCUT2D eigenvalue weighted by Gasteiger charge is -2.20. The van der Waals surface area contributed by atoms with Crippen LogP contribution in [-0.4, -0.2) is 25.8 Å². The summed E-state index contributed by atoms with van der Waals surface area (Å²) in [5.41, 5.74) is 2.70. The summed E-state index contributed by atoms with van der Waals surface area (Å²) in [6, 6.07) is 26.5. The number of nitrogens with one attached hydrogen (secondary N) is 2. The van der Waals surface area contributed by atoms with Crippen LogP contribution in [0, 0.1) is 0 Å². The lowest BCUT2D eigenvalue weighted by molar-refractivity contribution is 0.289. The second kappa shape index (κ2) is 37.3. The molecule has 0 aromatic heterocycles. The quantitative estimate of drug-likeness (QED) is 0.0263. The van der Waals surface area contributed by atoms with Gasteiger partial charge < -0.3 is 9.47 Å². The Labute approximate surface area is 404 Å². The third-order valence-corrected chi connectivity index (χ3v) is 14.7. The molecule has 4 nitrogen and oxygen atoms in total. The van der Waals surface area contributed by atoms with Crippen LogP contribution >= 0.6 is 11.8 Å². The van der Waals surface area contributed by atoms with Gasteiger partial charge in [-0.3, -0.25) is 10.6 Å². The van der Waals surface area contributed by atoms with Gasteiger partial charge in [0.1, 0.15) is 17.0 Å². The van der Waals surface area contributed by atoms with Crippen molar-refractivity contribution >= 4 is 33.3 Å². The zero-order chi connectivity index (χ0) is 45.7. The Morgan fingerprint density at radius 2 is 0.785 bits per heavy atom. The molecule has 4 rings (SSSR count). The normalized spacial score (nSPS) is 12.1. The first-order valence-corrected chi connectivity index (χ1v) is 28.6. The average Bonchev–Trinajstić information content (AvgIpc) is 3.33. The van der Waals surface area contributed by atoms with Crippen LogP contribution in [0.15, 0.2) is 72.8 Å². The van der Waals surface area contributed by atoms with Gasteiger partial charge in [-0.05, 0) is 70.8 Å². The number of hydrogen-bond acceptors (Lipinski definition) is 5. The minimum Gasteiger partial charge on any atom is -0.493 e. The topological polar surface area (TPSA) is 42.5 Å². The van der Waals surface area contributed by atoms with Crippen LogP contribution in [0.25, 0.3) is 21.5 Å². The molecule has 1 atom stereocenters. The Bertz CT molecular complexity index is 1630. The van der Waals surface area contributed by atoms with Gasteiger partial charge in [-0.15, -0.1) is 11.8 Å². The molecule has 0 saturated heterocycles. The maximum Gasteiger partial charge on any atom is 0.123 e. The maximum absolute atomic E-state index is 6.44. The van der Waals surface area contributed by atoms with E-state index in [1.54, 1.807) is 0 Å². The molecule has 65 heavy (non-hydrogen) atoms. The minimum absolute atomic E-state index is 0.0943. The third-order valence-electron chi connectivity index (χ3n) is 13.5.